The maximum atomic E-state index is 12.5. The van der Waals surface area contributed by atoms with Crippen molar-refractivity contribution in [1.82, 2.24) is 4.98 Å². The summed E-state index contributed by atoms with van der Waals surface area (Å²) in [4.78, 5) is 18.4. The molecule has 0 bridgehead atoms. The molecule has 6 heteroatoms. The average molecular weight is 346 g/mol. The summed E-state index contributed by atoms with van der Waals surface area (Å²) in [5.74, 6) is 1.01. The zero-order valence-electron chi connectivity index (χ0n) is 14.1. The van der Waals surface area contributed by atoms with E-state index in [4.69, 9.17) is 9.47 Å². The molecule has 0 saturated heterocycles. The molecule has 3 rings (SSSR count). The van der Waals surface area contributed by atoms with E-state index >= 15 is 0 Å². The van der Waals surface area contributed by atoms with E-state index in [0.29, 0.717) is 28.8 Å². The van der Waals surface area contributed by atoms with Gasteiger partial charge in [-0.2, -0.15) is 0 Å². The third-order valence-corrected chi connectivity index (χ3v) is 5.11. The highest BCUT2D eigenvalue weighted by Gasteiger charge is 2.17. The quantitative estimate of drug-likeness (QED) is 0.829. The number of hydrogen-bond donors (Lipinski definition) is 1. The number of rotatable bonds is 5. The molecule has 0 atom stereocenters. The van der Waals surface area contributed by atoms with Gasteiger partial charge in [0.1, 0.15) is 0 Å². The Morgan fingerprint density at radius 1 is 1.25 bits per heavy atom. The number of ether oxygens (including phenoxy) is 2. The average Bonchev–Trinajstić information content (AvgIpc) is 2.83. The molecular formula is C18H22N2O3S. The van der Waals surface area contributed by atoms with Crippen LogP contribution in [0.4, 0.5) is 5.13 Å². The van der Waals surface area contributed by atoms with Crippen LogP contribution < -0.4 is 14.8 Å². The van der Waals surface area contributed by atoms with E-state index in [1.54, 1.807) is 36.6 Å². The summed E-state index contributed by atoms with van der Waals surface area (Å²) in [6, 6.07) is 5.19. The van der Waals surface area contributed by atoms with Gasteiger partial charge in [-0.25, -0.2) is 4.98 Å². The maximum Gasteiger partial charge on any atom is 0.257 e. The Bertz CT molecular complexity index is 704. The van der Waals surface area contributed by atoms with Crippen molar-refractivity contribution in [2.24, 2.45) is 0 Å². The summed E-state index contributed by atoms with van der Waals surface area (Å²) in [5, 5.41) is 3.59. The number of nitrogens with zero attached hydrogens (tertiary/aromatic N) is 1. The lowest BCUT2D eigenvalue weighted by Gasteiger charge is -2.10. The highest BCUT2D eigenvalue weighted by molar-refractivity contribution is 7.15. The van der Waals surface area contributed by atoms with Crippen molar-refractivity contribution in [3.05, 3.63) is 34.3 Å². The number of anilines is 1. The molecule has 1 heterocycles. The van der Waals surface area contributed by atoms with Gasteiger partial charge in [0.05, 0.1) is 19.4 Å². The number of hydrogen-bond acceptors (Lipinski definition) is 5. The number of carbonyl (C=O) groups is 1. The standard InChI is InChI=1S/C18H22N2O3S/c1-3-23-14-10-9-12(11-15(14)22-2)17(21)20-18-19-13-7-5-4-6-8-16(13)24-18/h9-11H,3-8H2,1-2H3,(H,19,20,21). The molecule has 1 aromatic carbocycles. The van der Waals surface area contributed by atoms with E-state index in [1.165, 1.54) is 24.1 Å². The topological polar surface area (TPSA) is 60.5 Å². The van der Waals surface area contributed by atoms with Crippen LogP contribution in [0.5, 0.6) is 11.5 Å². The number of methoxy groups -OCH3 is 1. The predicted octanol–water partition coefficient (Wildman–Crippen LogP) is 4.07. The minimum Gasteiger partial charge on any atom is -0.493 e. The normalized spacial score (nSPS) is 13.8. The summed E-state index contributed by atoms with van der Waals surface area (Å²) < 4.78 is 10.8. The van der Waals surface area contributed by atoms with E-state index in [-0.39, 0.29) is 5.91 Å². The van der Waals surface area contributed by atoms with Crippen molar-refractivity contribution in [2.75, 3.05) is 19.0 Å². The van der Waals surface area contributed by atoms with Gasteiger partial charge in [0.25, 0.3) is 5.91 Å². The number of thiazole rings is 1. The maximum absolute atomic E-state index is 12.5. The lowest BCUT2D eigenvalue weighted by Crippen LogP contribution is -2.12. The lowest BCUT2D eigenvalue weighted by molar-refractivity contribution is 0.102. The minimum atomic E-state index is -0.180. The predicted molar refractivity (Wildman–Crippen MR) is 95.5 cm³/mol. The van der Waals surface area contributed by atoms with Crippen LogP contribution in [-0.2, 0) is 12.8 Å². The smallest absolute Gasteiger partial charge is 0.257 e. The van der Waals surface area contributed by atoms with Crippen LogP contribution in [0.25, 0.3) is 0 Å². The Hall–Kier alpha value is -2.08. The first kappa shape index (κ1) is 16.8. The van der Waals surface area contributed by atoms with E-state index in [0.717, 1.165) is 18.5 Å². The molecular weight excluding hydrogens is 324 g/mol. The van der Waals surface area contributed by atoms with E-state index in [2.05, 4.69) is 10.3 Å². The molecule has 1 aliphatic carbocycles. The third-order valence-electron chi connectivity index (χ3n) is 4.04. The molecule has 0 spiro atoms. The first-order valence-corrected chi connectivity index (χ1v) is 9.13. The molecule has 2 aromatic rings. The Balaban J connectivity index is 1.75. The second kappa shape index (κ2) is 7.66. The van der Waals surface area contributed by atoms with Crippen molar-refractivity contribution in [3.8, 4) is 11.5 Å². The third kappa shape index (κ3) is 3.70. The highest BCUT2D eigenvalue weighted by Crippen LogP contribution is 2.31. The van der Waals surface area contributed by atoms with Crippen LogP contribution in [0, 0.1) is 0 Å². The highest BCUT2D eigenvalue weighted by atomic mass is 32.1. The minimum absolute atomic E-state index is 0.180. The van der Waals surface area contributed by atoms with E-state index in [1.807, 2.05) is 6.92 Å². The van der Waals surface area contributed by atoms with Crippen LogP contribution in [0.1, 0.15) is 47.1 Å². The molecule has 1 amide bonds. The summed E-state index contributed by atoms with van der Waals surface area (Å²) >= 11 is 1.59. The fourth-order valence-corrected chi connectivity index (χ4v) is 3.88. The molecule has 24 heavy (non-hydrogen) atoms. The van der Waals surface area contributed by atoms with Crippen molar-refractivity contribution in [2.45, 2.75) is 39.0 Å². The Kier molecular flexibility index (Phi) is 5.35. The molecule has 5 nitrogen and oxygen atoms in total. The number of nitrogens with one attached hydrogen (secondary N) is 1. The molecule has 0 fully saturated rings. The Labute approximate surface area is 146 Å². The van der Waals surface area contributed by atoms with E-state index < -0.39 is 0 Å². The number of aromatic nitrogens is 1. The van der Waals surface area contributed by atoms with Crippen LogP contribution in [0.2, 0.25) is 0 Å². The molecule has 0 radical (unpaired) electrons. The zero-order chi connectivity index (χ0) is 16.9. The Morgan fingerprint density at radius 3 is 2.88 bits per heavy atom. The van der Waals surface area contributed by atoms with Gasteiger partial charge in [0.15, 0.2) is 16.6 Å². The van der Waals surface area contributed by atoms with Gasteiger partial charge in [-0.1, -0.05) is 6.42 Å². The molecule has 0 unspecified atom stereocenters. The second-order valence-corrected chi connectivity index (χ2v) is 6.79. The number of benzene rings is 1. The van der Waals surface area contributed by atoms with Crippen LogP contribution in [-0.4, -0.2) is 24.6 Å². The van der Waals surface area contributed by atoms with Crippen LogP contribution in [0.15, 0.2) is 18.2 Å². The largest absolute Gasteiger partial charge is 0.493 e. The van der Waals surface area contributed by atoms with Crippen molar-refractivity contribution >= 4 is 22.4 Å². The van der Waals surface area contributed by atoms with E-state index in [9.17, 15) is 4.79 Å². The molecule has 0 saturated carbocycles. The van der Waals surface area contributed by atoms with Crippen molar-refractivity contribution in [1.29, 1.82) is 0 Å². The molecule has 0 aliphatic heterocycles. The number of amides is 1. The monoisotopic (exact) mass is 346 g/mol. The number of carbonyl (C=O) groups excluding carboxylic acids is 1. The fourth-order valence-electron chi connectivity index (χ4n) is 2.84. The number of aryl methyl sites for hydroxylation is 2. The second-order valence-electron chi connectivity index (χ2n) is 5.70. The SMILES string of the molecule is CCOc1ccc(C(=O)Nc2nc3c(s2)CCCCC3)cc1OC. The summed E-state index contributed by atoms with van der Waals surface area (Å²) in [5.41, 5.74) is 1.68. The van der Waals surface area contributed by atoms with Gasteiger partial charge in [-0.05, 0) is 50.8 Å². The van der Waals surface area contributed by atoms with Gasteiger partial charge in [0.2, 0.25) is 0 Å². The van der Waals surface area contributed by atoms with Crippen molar-refractivity contribution in [3.63, 3.8) is 0 Å². The van der Waals surface area contributed by atoms with Gasteiger partial charge in [0, 0.05) is 10.4 Å². The van der Waals surface area contributed by atoms with Crippen LogP contribution >= 0.6 is 11.3 Å². The van der Waals surface area contributed by atoms with Crippen LogP contribution in [0.3, 0.4) is 0 Å². The first-order chi connectivity index (χ1) is 11.7. The summed E-state index contributed by atoms with van der Waals surface area (Å²) in [6.45, 7) is 2.46. The molecule has 1 aliphatic rings. The zero-order valence-corrected chi connectivity index (χ0v) is 14.9. The van der Waals surface area contributed by atoms with Gasteiger partial charge in [-0.15, -0.1) is 11.3 Å². The first-order valence-electron chi connectivity index (χ1n) is 8.32. The Morgan fingerprint density at radius 2 is 2.08 bits per heavy atom. The summed E-state index contributed by atoms with van der Waals surface area (Å²) in [6.07, 6.45) is 5.73. The van der Waals surface area contributed by atoms with Crippen molar-refractivity contribution < 1.29 is 14.3 Å². The molecule has 1 aromatic heterocycles. The lowest BCUT2D eigenvalue weighted by atomic mass is 10.2. The molecule has 128 valence electrons. The van der Waals surface area contributed by atoms with Gasteiger partial charge < -0.3 is 9.47 Å². The van der Waals surface area contributed by atoms with Gasteiger partial charge >= 0.3 is 0 Å². The number of fused-ring (bicyclic) bond motifs is 1. The fraction of sp³-hybridized carbons (Fsp3) is 0.444. The summed E-state index contributed by atoms with van der Waals surface area (Å²) in [7, 11) is 1.57. The van der Waals surface area contributed by atoms with Gasteiger partial charge in [-0.3, -0.25) is 10.1 Å². The molecule has 1 N–H and O–H groups in total.